The van der Waals surface area contributed by atoms with Gasteiger partial charge in [0.05, 0.1) is 4.88 Å². The van der Waals surface area contributed by atoms with Gasteiger partial charge >= 0.3 is 6.09 Å². The number of hydrogen-bond donors (Lipinski definition) is 2. The van der Waals surface area contributed by atoms with Gasteiger partial charge in [0, 0.05) is 16.2 Å². The first-order valence-corrected chi connectivity index (χ1v) is 6.97. The number of aromatic hydroxyl groups is 1. The molecular weight excluding hydrogens is 295 g/mol. The minimum atomic E-state index is -0.798. The Balaban J connectivity index is 2.33. The molecular formula is C14H15FN2O3S. The van der Waals surface area contributed by atoms with Crippen LogP contribution >= 0.6 is 11.3 Å². The second-order valence-corrected chi connectivity index (χ2v) is 6.51. The van der Waals surface area contributed by atoms with Gasteiger partial charge in [-0.2, -0.15) is 4.99 Å². The van der Waals surface area contributed by atoms with E-state index >= 15 is 0 Å². The SMILES string of the molecule is CC(C)(C)OC(=O)/N=C(/N)c1cc2c(O)cc(F)cc2s1. The van der Waals surface area contributed by atoms with Crippen molar-refractivity contribution in [3.8, 4) is 5.75 Å². The maximum Gasteiger partial charge on any atom is 0.436 e. The van der Waals surface area contributed by atoms with E-state index in [2.05, 4.69) is 4.99 Å². The second kappa shape index (κ2) is 5.33. The van der Waals surface area contributed by atoms with Gasteiger partial charge in [-0.3, -0.25) is 0 Å². The number of halogens is 1. The van der Waals surface area contributed by atoms with Crippen LogP contribution < -0.4 is 5.73 Å². The van der Waals surface area contributed by atoms with Crippen LogP contribution in [0.4, 0.5) is 9.18 Å². The number of thiophene rings is 1. The molecule has 0 aliphatic heterocycles. The lowest BCUT2D eigenvalue weighted by Gasteiger charge is -2.17. The Bertz CT molecular complexity index is 732. The Morgan fingerprint density at radius 2 is 2.05 bits per heavy atom. The Morgan fingerprint density at radius 1 is 1.38 bits per heavy atom. The first kappa shape index (κ1) is 15.2. The smallest absolute Gasteiger partial charge is 0.436 e. The molecule has 7 heteroatoms. The number of hydrogen-bond acceptors (Lipinski definition) is 4. The molecule has 0 saturated heterocycles. The quantitative estimate of drug-likeness (QED) is 0.624. The Morgan fingerprint density at radius 3 is 2.67 bits per heavy atom. The summed E-state index contributed by atoms with van der Waals surface area (Å²) in [5.74, 6) is -0.765. The van der Waals surface area contributed by atoms with E-state index in [1.165, 1.54) is 6.07 Å². The number of carbonyl (C=O) groups excluding carboxylic acids is 1. The summed E-state index contributed by atoms with van der Waals surface area (Å²) < 4.78 is 18.8. The van der Waals surface area contributed by atoms with E-state index in [4.69, 9.17) is 10.5 Å². The minimum Gasteiger partial charge on any atom is -0.507 e. The fourth-order valence-corrected chi connectivity index (χ4v) is 2.66. The molecule has 0 spiro atoms. The first-order valence-electron chi connectivity index (χ1n) is 6.15. The monoisotopic (exact) mass is 310 g/mol. The first-order chi connectivity index (χ1) is 9.65. The second-order valence-electron chi connectivity index (χ2n) is 5.42. The standard InChI is InChI=1S/C14H15FN2O3S/c1-14(2,3)20-13(19)17-12(16)11-6-8-9(18)4-7(15)5-10(8)21-11/h4-6,18H,1-3H3,(H2,16,17,19). The molecule has 1 amide bonds. The molecule has 1 heterocycles. The summed E-state index contributed by atoms with van der Waals surface area (Å²) in [6.07, 6.45) is -0.798. The van der Waals surface area contributed by atoms with Gasteiger partial charge in [-0.1, -0.05) is 0 Å². The number of nitrogens with two attached hydrogens (primary N) is 1. The third kappa shape index (κ3) is 3.69. The van der Waals surface area contributed by atoms with Crippen molar-refractivity contribution in [2.45, 2.75) is 26.4 Å². The van der Waals surface area contributed by atoms with Crippen LogP contribution in [0.15, 0.2) is 23.2 Å². The van der Waals surface area contributed by atoms with E-state index in [0.29, 0.717) is 15.0 Å². The number of ether oxygens (including phenoxy) is 1. The highest BCUT2D eigenvalue weighted by Crippen LogP contribution is 2.33. The van der Waals surface area contributed by atoms with Crippen molar-refractivity contribution in [3.63, 3.8) is 0 Å². The van der Waals surface area contributed by atoms with Gasteiger partial charge in [0.15, 0.2) is 0 Å². The number of carbonyl (C=O) groups is 1. The predicted octanol–water partition coefficient (Wildman–Crippen LogP) is 3.39. The van der Waals surface area contributed by atoms with E-state index < -0.39 is 17.5 Å². The van der Waals surface area contributed by atoms with E-state index in [0.717, 1.165) is 17.4 Å². The lowest BCUT2D eigenvalue weighted by atomic mass is 10.2. The molecule has 5 nitrogen and oxygen atoms in total. The van der Waals surface area contributed by atoms with Crippen molar-refractivity contribution < 1.29 is 19.0 Å². The number of rotatable bonds is 1. The maximum atomic E-state index is 13.2. The number of amides is 1. The van der Waals surface area contributed by atoms with Gasteiger partial charge < -0.3 is 15.6 Å². The molecule has 2 aromatic rings. The summed E-state index contributed by atoms with van der Waals surface area (Å²) in [6.45, 7) is 5.16. The highest BCUT2D eigenvalue weighted by atomic mass is 32.1. The molecule has 1 aromatic heterocycles. The number of benzene rings is 1. The van der Waals surface area contributed by atoms with Crippen LogP contribution in [0, 0.1) is 5.82 Å². The third-order valence-electron chi connectivity index (χ3n) is 2.44. The molecule has 2 rings (SSSR count). The molecule has 0 saturated carbocycles. The summed E-state index contributed by atoms with van der Waals surface area (Å²) in [5.41, 5.74) is 5.09. The molecule has 21 heavy (non-hydrogen) atoms. The Labute approximate surface area is 124 Å². The zero-order valence-electron chi connectivity index (χ0n) is 11.8. The van der Waals surface area contributed by atoms with Crippen LogP contribution in [0.3, 0.4) is 0 Å². The summed E-state index contributed by atoms with van der Waals surface area (Å²) in [5, 5.41) is 10.1. The molecule has 0 fully saturated rings. The van der Waals surface area contributed by atoms with Crippen LogP contribution in [-0.4, -0.2) is 22.6 Å². The van der Waals surface area contributed by atoms with Crippen LogP contribution in [0.2, 0.25) is 0 Å². The topological polar surface area (TPSA) is 84.9 Å². The zero-order chi connectivity index (χ0) is 15.8. The molecule has 0 aliphatic rings. The van der Waals surface area contributed by atoms with Crippen LogP contribution in [0.1, 0.15) is 25.6 Å². The average Bonchev–Trinajstić information content (AvgIpc) is 2.69. The maximum absolute atomic E-state index is 13.2. The fourth-order valence-electron chi connectivity index (χ4n) is 1.65. The van der Waals surface area contributed by atoms with E-state index in [-0.39, 0.29) is 11.6 Å². The highest BCUT2D eigenvalue weighted by Gasteiger charge is 2.17. The summed E-state index contributed by atoms with van der Waals surface area (Å²) in [4.78, 5) is 15.7. The van der Waals surface area contributed by atoms with Crippen molar-refractivity contribution >= 4 is 33.4 Å². The van der Waals surface area contributed by atoms with Crippen LogP contribution in [0.25, 0.3) is 10.1 Å². The lowest BCUT2D eigenvalue weighted by Crippen LogP contribution is -2.24. The molecule has 0 unspecified atom stereocenters. The van der Waals surface area contributed by atoms with Crippen molar-refractivity contribution in [1.29, 1.82) is 0 Å². The molecule has 112 valence electrons. The van der Waals surface area contributed by atoms with Crippen molar-refractivity contribution in [1.82, 2.24) is 0 Å². The summed E-state index contributed by atoms with van der Waals surface area (Å²) in [7, 11) is 0. The normalized spacial score (nSPS) is 12.7. The lowest BCUT2D eigenvalue weighted by molar-refractivity contribution is 0.0604. The van der Waals surface area contributed by atoms with E-state index in [1.54, 1.807) is 26.8 Å². The molecule has 0 aliphatic carbocycles. The van der Waals surface area contributed by atoms with Gasteiger partial charge in [-0.25, -0.2) is 9.18 Å². The summed E-state index contributed by atoms with van der Waals surface area (Å²) >= 11 is 1.13. The number of fused-ring (bicyclic) bond motifs is 1. The zero-order valence-corrected chi connectivity index (χ0v) is 12.6. The minimum absolute atomic E-state index is 0.0368. The number of aliphatic imine (C=N–C) groups is 1. The fraction of sp³-hybridized carbons (Fsp3) is 0.286. The number of nitrogens with zero attached hydrogens (tertiary/aromatic N) is 1. The van der Waals surface area contributed by atoms with Gasteiger partial charge in [-0.15, -0.1) is 11.3 Å². The predicted molar refractivity (Wildman–Crippen MR) is 80.4 cm³/mol. The third-order valence-corrected chi connectivity index (χ3v) is 3.54. The Kier molecular flexibility index (Phi) is 3.87. The van der Waals surface area contributed by atoms with Gasteiger partial charge in [0.1, 0.15) is 23.0 Å². The van der Waals surface area contributed by atoms with Crippen LogP contribution in [-0.2, 0) is 4.74 Å². The Hall–Kier alpha value is -2.15. The average molecular weight is 310 g/mol. The number of phenolic OH excluding ortho intramolecular Hbond substituents is 1. The van der Waals surface area contributed by atoms with Gasteiger partial charge in [-0.05, 0) is 32.9 Å². The van der Waals surface area contributed by atoms with E-state index in [9.17, 15) is 14.3 Å². The molecule has 0 radical (unpaired) electrons. The van der Waals surface area contributed by atoms with E-state index in [1.807, 2.05) is 0 Å². The number of amidine groups is 1. The molecule has 0 bridgehead atoms. The largest absolute Gasteiger partial charge is 0.507 e. The summed E-state index contributed by atoms with van der Waals surface area (Å²) in [6, 6.07) is 3.85. The van der Waals surface area contributed by atoms with Crippen LogP contribution in [0.5, 0.6) is 5.75 Å². The van der Waals surface area contributed by atoms with Crippen molar-refractivity contribution in [3.05, 3.63) is 28.9 Å². The molecule has 1 aromatic carbocycles. The highest BCUT2D eigenvalue weighted by molar-refractivity contribution is 7.21. The molecule has 0 atom stereocenters. The number of phenols is 1. The van der Waals surface area contributed by atoms with Gasteiger partial charge in [0.2, 0.25) is 0 Å². The van der Waals surface area contributed by atoms with Crippen molar-refractivity contribution in [2.24, 2.45) is 10.7 Å². The van der Waals surface area contributed by atoms with Crippen molar-refractivity contribution in [2.75, 3.05) is 0 Å². The molecule has 3 N–H and O–H groups in total. The van der Waals surface area contributed by atoms with Gasteiger partial charge in [0.25, 0.3) is 0 Å².